The van der Waals surface area contributed by atoms with Crippen molar-refractivity contribution in [3.8, 4) is 11.3 Å². The fourth-order valence-corrected chi connectivity index (χ4v) is 2.37. The Morgan fingerprint density at radius 1 is 0.905 bits per heavy atom. The lowest BCUT2D eigenvalue weighted by Gasteiger charge is -2.00. The second-order valence-corrected chi connectivity index (χ2v) is 4.85. The Bertz CT molecular complexity index is 843. The third kappa shape index (κ3) is 2.25. The summed E-state index contributed by atoms with van der Waals surface area (Å²) in [6.45, 7) is 0. The van der Waals surface area contributed by atoms with Gasteiger partial charge in [-0.3, -0.25) is 10.8 Å². The van der Waals surface area contributed by atoms with Crippen molar-refractivity contribution in [2.75, 3.05) is 0 Å². The average Bonchev–Trinajstić information content (AvgIpc) is 2.90. The summed E-state index contributed by atoms with van der Waals surface area (Å²) in [5.41, 5.74) is 15.3. The van der Waals surface area contributed by atoms with Gasteiger partial charge in [0.2, 0.25) is 0 Å². The van der Waals surface area contributed by atoms with E-state index in [2.05, 4.69) is 4.98 Å². The van der Waals surface area contributed by atoms with E-state index in [0.717, 1.165) is 27.7 Å². The van der Waals surface area contributed by atoms with Gasteiger partial charge in [-0.1, -0.05) is 36.4 Å². The summed E-state index contributed by atoms with van der Waals surface area (Å²) in [6, 6.07) is 15.1. The molecule has 7 N–H and O–H groups in total. The Kier molecular flexibility index (Phi) is 2.95. The molecule has 0 aliphatic carbocycles. The molecule has 2 aromatic carbocycles. The summed E-state index contributed by atoms with van der Waals surface area (Å²) in [5, 5.41) is 16.0. The summed E-state index contributed by atoms with van der Waals surface area (Å²) >= 11 is 0. The Labute approximate surface area is 121 Å². The van der Waals surface area contributed by atoms with Crippen molar-refractivity contribution < 1.29 is 0 Å². The molecule has 5 heteroatoms. The molecule has 0 unspecified atom stereocenters. The van der Waals surface area contributed by atoms with Crippen molar-refractivity contribution in [1.82, 2.24) is 4.98 Å². The van der Waals surface area contributed by atoms with Gasteiger partial charge in [0.25, 0.3) is 0 Å². The second-order valence-electron chi connectivity index (χ2n) is 4.85. The smallest absolute Gasteiger partial charge is 0.123 e. The van der Waals surface area contributed by atoms with E-state index in [0.29, 0.717) is 5.56 Å². The minimum atomic E-state index is 0.0528. The van der Waals surface area contributed by atoms with Gasteiger partial charge < -0.3 is 16.5 Å². The molecule has 104 valence electrons. The van der Waals surface area contributed by atoms with Crippen LogP contribution in [0.1, 0.15) is 11.1 Å². The van der Waals surface area contributed by atoms with Crippen molar-refractivity contribution in [2.45, 2.75) is 0 Å². The van der Waals surface area contributed by atoms with Crippen LogP contribution in [0.5, 0.6) is 0 Å². The number of amidine groups is 2. The minimum Gasteiger partial charge on any atom is -0.384 e. The molecule has 0 radical (unpaired) electrons. The molecule has 3 aromatic rings. The number of hydrogen-bond acceptors (Lipinski definition) is 2. The van der Waals surface area contributed by atoms with Crippen molar-refractivity contribution in [1.29, 1.82) is 10.8 Å². The molecule has 1 heterocycles. The molecular weight excluding hydrogens is 262 g/mol. The van der Waals surface area contributed by atoms with Crippen LogP contribution in [0.3, 0.4) is 0 Å². The maximum atomic E-state index is 7.63. The highest BCUT2D eigenvalue weighted by atomic mass is 14.7. The monoisotopic (exact) mass is 277 g/mol. The maximum Gasteiger partial charge on any atom is 0.123 e. The summed E-state index contributed by atoms with van der Waals surface area (Å²) < 4.78 is 0. The van der Waals surface area contributed by atoms with Crippen LogP contribution in [0.25, 0.3) is 22.2 Å². The van der Waals surface area contributed by atoms with E-state index < -0.39 is 0 Å². The molecule has 0 atom stereocenters. The topological polar surface area (TPSA) is 116 Å². The number of benzene rings is 2. The van der Waals surface area contributed by atoms with Gasteiger partial charge >= 0.3 is 0 Å². The molecule has 21 heavy (non-hydrogen) atoms. The van der Waals surface area contributed by atoms with E-state index in [1.54, 1.807) is 0 Å². The number of hydrogen-bond donors (Lipinski definition) is 5. The van der Waals surface area contributed by atoms with Gasteiger partial charge in [-0.25, -0.2) is 0 Å². The van der Waals surface area contributed by atoms with Crippen LogP contribution < -0.4 is 11.5 Å². The summed E-state index contributed by atoms with van der Waals surface area (Å²) in [5.74, 6) is 0.107. The number of fused-ring (bicyclic) bond motifs is 1. The fraction of sp³-hybridized carbons (Fsp3) is 0. The molecular formula is C16H15N5. The van der Waals surface area contributed by atoms with E-state index in [1.807, 2.05) is 48.5 Å². The molecule has 0 spiro atoms. The lowest BCUT2D eigenvalue weighted by molar-refractivity contribution is 1.41. The van der Waals surface area contributed by atoms with Crippen LogP contribution in [0.15, 0.2) is 48.5 Å². The lowest BCUT2D eigenvalue weighted by Crippen LogP contribution is -2.10. The number of aromatic nitrogens is 1. The van der Waals surface area contributed by atoms with Crippen molar-refractivity contribution in [3.63, 3.8) is 0 Å². The van der Waals surface area contributed by atoms with Gasteiger partial charge in [0.05, 0.1) is 0 Å². The summed E-state index contributed by atoms with van der Waals surface area (Å²) in [7, 11) is 0. The number of H-pyrrole nitrogens is 1. The molecule has 0 saturated carbocycles. The Morgan fingerprint density at radius 3 is 2.24 bits per heavy atom. The maximum absolute atomic E-state index is 7.63. The van der Waals surface area contributed by atoms with E-state index in [9.17, 15) is 0 Å². The Balaban J connectivity index is 2.11. The normalized spacial score (nSPS) is 10.7. The van der Waals surface area contributed by atoms with Crippen LogP contribution in [0.2, 0.25) is 0 Å². The number of rotatable bonds is 3. The number of nitrogens with two attached hydrogens (primary N) is 2. The lowest BCUT2D eigenvalue weighted by atomic mass is 10.1. The zero-order valence-corrected chi connectivity index (χ0v) is 11.3. The number of nitrogens with one attached hydrogen (secondary N) is 3. The van der Waals surface area contributed by atoms with Crippen LogP contribution in [-0.2, 0) is 0 Å². The number of nitrogen functional groups attached to an aromatic ring is 2. The van der Waals surface area contributed by atoms with Gasteiger partial charge in [0.1, 0.15) is 11.7 Å². The third-order valence-corrected chi connectivity index (χ3v) is 3.46. The fourth-order valence-electron chi connectivity index (χ4n) is 2.37. The average molecular weight is 277 g/mol. The largest absolute Gasteiger partial charge is 0.384 e. The predicted octanol–water partition coefficient (Wildman–Crippen LogP) is 2.40. The second kappa shape index (κ2) is 4.79. The zero-order valence-electron chi connectivity index (χ0n) is 11.3. The highest BCUT2D eigenvalue weighted by molar-refractivity contribution is 6.08. The van der Waals surface area contributed by atoms with E-state index in [4.69, 9.17) is 22.3 Å². The van der Waals surface area contributed by atoms with Gasteiger partial charge in [-0.05, 0) is 17.7 Å². The van der Waals surface area contributed by atoms with Crippen LogP contribution in [0, 0.1) is 10.8 Å². The summed E-state index contributed by atoms with van der Waals surface area (Å²) in [6.07, 6.45) is 0. The minimum absolute atomic E-state index is 0.0528. The molecule has 5 nitrogen and oxygen atoms in total. The molecule has 0 fully saturated rings. The van der Waals surface area contributed by atoms with Gasteiger partial charge in [-0.2, -0.15) is 0 Å². The first-order chi connectivity index (χ1) is 10.1. The SMILES string of the molecule is N=C(N)c1ccc(-c2cc3c(C(=N)N)cccc3[nH]2)cc1. The third-order valence-electron chi connectivity index (χ3n) is 3.46. The molecule has 0 aliphatic rings. The van der Waals surface area contributed by atoms with E-state index in [1.165, 1.54) is 0 Å². The van der Waals surface area contributed by atoms with Crippen molar-refractivity contribution in [3.05, 3.63) is 59.7 Å². The predicted molar refractivity (Wildman–Crippen MR) is 85.8 cm³/mol. The first kappa shape index (κ1) is 12.9. The van der Waals surface area contributed by atoms with Crippen molar-refractivity contribution in [2.24, 2.45) is 11.5 Å². The zero-order chi connectivity index (χ0) is 15.0. The van der Waals surface area contributed by atoms with Gasteiger partial charge in [-0.15, -0.1) is 0 Å². The first-order valence-corrected chi connectivity index (χ1v) is 6.47. The Hall–Kier alpha value is -3.08. The number of aromatic amines is 1. The molecule has 0 bridgehead atoms. The quantitative estimate of drug-likeness (QED) is 0.373. The van der Waals surface area contributed by atoms with Crippen LogP contribution in [0.4, 0.5) is 0 Å². The summed E-state index contributed by atoms with van der Waals surface area (Å²) in [4.78, 5) is 3.32. The van der Waals surface area contributed by atoms with Gasteiger partial charge in [0.15, 0.2) is 0 Å². The molecule has 1 aromatic heterocycles. The van der Waals surface area contributed by atoms with Crippen LogP contribution in [-0.4, -0.2) is 16.7 Å². The highest BCUT2D eigenvalue weighted by Gasteiger charge is 2.08. The first-order valence-electron chi connectivity index (χ1n) is 6.47. The van der Waals surface area contributed by atoms with Gasteiger partial charge in [0, 0.05) is 27.7 Å². The molecule has 3 rings (SSSR count). The van der Waals surface area contributed by atoms with Crippen LogP contribution >= 0.6 is 0 Å². The molecule has 0 amide bonds. The molecule has 0 saturated heterocycles. The van der Waals surface area contributed by atoms with E-state index in [-0.39, 0.29) is 11.7 Å². The van der Waals surface area contributed by atoms with E-state index >= 15 is 0 Å². The highest BCUT2D eigenvalue weighted by Crippen LogP contribution is 2.26. The standard InChI is InChI=1S/C16H15N5/c17-15(18)10-6-4-9(5-7-10)14-8-12-11(16(19)20)2-1-3-13(12)21-14/h1-8,21H,(H3,17,18)(H3,19,20). The van der Waals surface area contributed by atoms with Crippen molar-refractivity contribution >= 4 is 22.6 Å². The Morgan fingerprint density at radius 2 is 1.62 bits per heavy atom. The molecule has 0 aliphatic heterocycles.